The number of hydrogen-bond donors (Lipinski definition) is 0. The predicted octanol–water partition coefficient (Wildman–Crippen LogP) is 2.70. The van der Waals surface area contributed by atoms with Crippen LogP contribution in [0.5, 0.6) is 0 Å². The van der Waals surface area contributed by atoms with Crippen LogP contribution in [-0.2, 0) is 0 Å². The van der Waals surface area contributed by atoms with Crippen molar-refractivity contribution in [2.24, 2.45) is 0 Å². The Morgan fingerprint density at radius 2 is 2.33 bits per heavy atom. The van der Waals surface area contributed by atoms with Crippen LogP contribution in [-0.4, -0.2) is 4.92 Å². The summed E-state index contributed by atoms with van der Waals surface area (Å²) >= 11 is 0. The van der Waals surface area contributed by atoms with Gasteiger partial charge in [0, 0.05) is 11.5 Å². The van der Waals surface area contributed by atoms with Crippen molar-refractivity contribution in [2.45, 2.75) is 6.92 Å². The molecule has 15 heavy (non-hydrogen) atoms. The Kier molecular flexibility index (Phi) is 3.25. The summed E-state index contributed by atoms with van der Waals surface area (Å²) in [5, 5.41) is 10.9. The molecule has 0 unspecified atom stereocenters. The number of nitro groups is 1. The monoisotopic (exact) mass is 200 g/mol. The van der Waals surface area contributed by atoms with Crippen LogP contribution >= 0.6 is 0 Å². The highest BCUT2D eigenvalue weighted by Crippen LogP contribution is 2.29. The molecule has 3 nitrogen and oxygen atoms in total. The second kappa shape index (κ2) is 4.43. The highest BCUT2D eigenvalue weighted by Gasteiger charge is 2.20. The second-order valence-corrected chi connectivity index (χ2v) is 2.99. The molecule has 1 aromatic carbocycles. The third-order valence-corrected chi connectivity index (χ3v) is 2.11. The predicted molar refractivity (Wildman–Crippen MR) is 59.2 cm³/mol. The summed E-state index contributed by atoms with van der Waals surface area (Å²) in [7, 11) is 0. The molecule has 0 aromatic heterocycles. The molecule has 75 valence electrons. The highest BCUT2D eigenvalue weighted by molar-refractivity contribution is 5.60. The summed E-state index contributed by atoms with van der Waals surface area (Å²) in [5.74, 6) is 3.04. The van der Waals surface area contributed by atoms with Gasteiger partial charge in [0.05, 0.1) is 4.92 Å². The minimum absolute atomic E-state index is 0.0302. The van der Waals surface area contributed by atoms with Crippen LogP contribution in [0, 0.1) is 28.4 Å². The molecule has 1 radical (unpaired) electrons. The number of benzene rings is 1. The van der Waals surface area contributed by atoms with E-state index in [1.54, 1.807) is 31.2 Å². The molecule has 0 saturated carbocycles. The van der Waals surface area contributed by atoms with E-state index in [9.17, 15) is 10.1 Å². The molecule has 0 heterocycles. The molecule has 0 fully saturated rings. The first-order valence-electron chi connectivity index (χ1n) is 4.32. The number of terminal acetylenes is 1. The van der Waals surface area contributed by atoms with E-state index in [0.29, 0.717) is 11.1 Å². The molecule has 3 heteroatoms. The fourth-order valence-corrected chi connectivity index (χ4v) is 1.28. The Balaban J connectivity index is 3.46. The van der Waals surface area contributed by atoms with Crippen molar-refractivity contribution in [3.05, 3.63) is 58.0 Å². The van der Waals surface area contributed by atoms with E-state index >= 15 is 0 Å². The van der Waals surface area contributed by atoms with Gasteiger partial charge in [0.2, 0.25) is 0 Å². The number of rotatable bonds is 3. The maximum Gasteiger partial charge on any atom is 0.288 e. The lowest BCUT2D eigenvalue weighted by atomic mass is 9.97. The number of hydrogen-bond acceptors (Lipinski definition) is 2. The third kappa shape index (κ3) is 2.05. The molecular formula is C12H10NO2. The van der Waals surface area contributed by atoms with Gasteiger partial charge in [0.1, 0.15) is 5.56 Å². The molecule has 1 aromatic rings. The van der Waals surface area contributed by atoms with Crippen LogP contribution in [0.25, 0.3) is 0 Å². The Hall–Kier alpha value is -2.08. The van der Waals surface area contributed by atoms with E-state index < -0.39 is 4.92 Å². The Morgan fingerprint density at radius 1 is 1.67 bits per heavy atom. The summed E-state index contributed by atoms with van der Waals surface area (Å²) < 4.78 is 0. The van der Waals surface area contributed by atoms with Crippen LogP contribution < -0.4 is 0 Å². The summed E-state index contributed by atoms with van der Waals surface area (Å²) in [5.41, 5.74) is 0.779. The minimum Gasteiger partial charge on any atom is -0.258 e. The van der Waals surface area contributed by atoms with E-state index in [0.717, 1.165) is 5.92 Å². The van der Waals surface area contributed by atoms with Crippen LogP contribution in [0.1, 0.15) is 18.1 Å². The normalized spacial score (nSPS) is 9.67. The van der Waals surface area contributed by atoms with Crippen LogP contribution in [0.3, 0.4) is 0 Å². The molecule has 0 atom stereocenters. The quantitative estimate of drug-likeness (QED) is 0.427. The average Bonchev–Trinajstić information content (AvgIpc) is 2.26. The zero-order valence-corrected chi connectivity index (χ0v) is 8.36. The Bertz CT molecular complexity index is 443. The van der Waals surface area contributed by atoms with Crippen LogP contribution in [0.2, 0.25) is 0 Å². The SMILES string of the molecule is C#Cc1cccc([C](C)C=C)c1[N+](=O)[O-]. The molecule has 0 aliphatic heterocycles. The van der Waals surface area contributed by atoms with Gasteiger partial charge in [0.25, 0.3) is 5.69 Å². The second-order valence-electron chi connectivity index (χ2n) is 2.99. The van der Waals surface area contributed by atoms with Crippen molar-refractivity contribution in [3.8, 4) is 12.3 Å². The number of allylic oxidation sites excluding steroid dienone is 1. The van der Waals surface area contributed by atoms with Crippen LogP contribution in [0.15, 0.2) is 30.9 Å². The van der Waals surface area contributed by atoms with Gasteiger partial charge < -0.3 is 0 Å². The number of nitrogens with zero attached hydrogens (tertiary/aromatic N) is 1. The highest BCUT2D eigenvalue weighted by atomic mass is 16.6. The first-order chi connectivity index (χ1) is 7.11. The molecule has 0 bridgehead atoms. The summed E-state index contributed by atoms with van der Waals surface area (Å²) in [6.45, 7) is 5.34. The van der Waals surface area contributed by atoms with Gasteiger partial charge in [-0.1, -0.05) is 31.1 Å². The summed E-state index contributed by atoms with van der Waals surface area (Å²) in [6.07, 6.45) is 6.78. The van der Waals surface area contributed by atoms with Crippen LogP contribution in [0.4, 0.5) is 5.69 Å². The lowest BCUT2D eigenvalue weighted by molar-refractivity contribution is -0.385. The first kappa shape index (κ1) is 11.0. The Labute approximate surface area is 88.6 Å². The zero-order valence-electron chi connectivity index (χ0n) is 8.36. The molecule has 0 amide bonds. The van der Waals surface area contributed by atoms with Gasteiger partial charge in [-0.05, 0) is 6.07 Å². The van der Waals surface area contributed by atoms with Gasteiger partial charge in [-0.25, -0.2) is 0 Å². The Morgan fingerprint density at radius 3 is 2.80 bits per heavy atom. The number of para-hydroxylation sites is 1. The first-order valence-corrected chi connectivity index (χ1v) is 4.32. The maximum absolute atomic E-state index is 10.9. The smallest absolute Gasteiger partial charge is 0.258 e. The average molecular weight is 200 g/mol. The number of nitro benzene ring substituents is 1. The minimum atomic E-state index is -0.461. The standard InChI is InChI=1S/C12H10NO2/c1-4-9(3)11-8-6-7-10(5-2)12(11)13(14)15/h2,4,6-8H,1H2,3H3. The zero-order chi connectivity index (χ0) is 11.4. The molecular weight excluding hydrogens is 190 g/mol. The van der Waals surface area contributed by atoms with Gasteiger partial charge >= 0.3 is 0 Å². The van der Waals surface area contributed by atoms with Gasteiger partial charge in [-0.2, -0.15) is 0 Å². The molecule has 0 aliphatic rings. The van der Waals surface area contributed by atoms with Crippen molar-refractivity contribution in [2.75, 3.05) is 0 Å². The molecule has 0 saturated heterocycles. The topological polar surface area (TPSA) is 43.1 Å². The molecule has 1 rings (SSSR count). The fraction of sp³-hybridized carbons (Fsp3) is 0.0833. The van der Waals surface area contributed by atoms with Crippen molar-refractivity contribution >= 4 is 5.69 Å². The van der Waals surface area contributed by atoms with E-state index in [1.165, 1.54) is 0 Å². The maximum atomic E-state index is 10.9. The van der Waals surface area contributed by atoms with E-state index in [4.69, 9.17) is 6.42 Å². The largest absolute Gasteiger partial charge is 0.288 e. The molecule has 0 aliphatic carbocycles. The van der Waals surface area contributed by atoms with Crippen molar-refractivity contribution in [3.63, 3.8) is 0 Å². The summed E-state index contributed by atoms with van der Waals surface area (Å²) in [4.78, 5) is 10.4. The summed E-state index contributed by atoms with van der Waals surface area (Å²) in [6, 6.07) is 4.92. The molecule has 0 spiro atoms. The fourth-order valence-electron chi connectivity index (χ4n) is 1.28. The third-order valence-electron chi connectivity index (χ3n) is 2.11. The van der Waals surface area contributed by atoms with Crippen molar-refractivity contribution in [1.82, 2.24) is 0 Å². The van der Waals surface area contributed by atoms with E-state index in [2.05, 4.69) is 12.5 Å². The van der Waals surface area contributed by atoms with E-state index in [1.807, 2.05) is 0 Å². The lowest BCUT2D eigenvalue weighted by Crippen LogP contribution is -2.00. The van der Waals surface area contributed by atoms with Gasteiger partial charge in [-0.15, -0.1) is 13.0 Å². The van der Waals surface area contributed by atoms with Crippen molar-refractivity contribution < 1.29 is 4.92 Å². The van der Waals surface area contributed by atoms with Gasteiger partial charge in [0.15, 0.2) is 0 Å². The molecule has 0 N–H and O–H groups in total. The van der Waals surface area contributed by atoms with Crippen molar-refractivity contribution in [1.29, 1.82) is 0 Å². The van der Waals surface area contributed by atoms with E-state index in [-0.39, 0.29) is 5.69 Å². The lowest BCUT2D eigenvalue weighted by Gasteiger charge is -2.07. The van der Waals surface area contributed by atoms with Gasteiger partial charge in [-0.3, -0.25) is 10.1 Å².